The average molecular weight is 380 g/mol. The van der Waals surface area contributed by atoms with Gasteiger partial charge in [0.2, 0.25) is 0 Å². The summed E-state index contributed by atoms with van der Waals surface area (Å²) in [6, 6.07) is 15.2. The summed E-state index contributed by atoms with van der Waals surface area (Å²) in [6.45, 7) is 0.0552. The molecule has 2 unspecified atom stereocenters. The van der Waals surface area contributed by atoms with E-state index in [-0.39, 0.29) is 12.2 Å². The molecule has 28 heavy (non-hydrogen) atoms. The number of allylic oxidation sites excluding steroid dienone is 2. The lowest BCUT2D eigenvalue weighted by Gasteiger charge is -2.31. The van der Waals surface area contributed by atoms with Gasteiger partial charge >= 0.3 is 6.09 Å². The highest BCUT2D eigenvalue weighted by molar-refractivity contribution is 5.85. The second-order valence-electron chi connectivity index (χ2n) is 6.59. The number of carbonyl (C=O) groups is 1. The van der Waals surface area contributed by atoms with Gasteiger partial charge in [0.05, 0.1) is 6.04 Å². The number of amides is 1. The van der Waals surface area contributed by atoms with Crippen LogP contribution in [0.25, 0.3) is 10.9 Å². The number of benzene rings is 2. The molecule has 1 aromatic heterocycles. The van der Waals surface area contributed by atoms with Crippen molar-refractivity contribution in [1.29, 1.82) is 0 Å². The molecular formula is C22H18F2N2O2. The molecule has 2 N–H and O–H groups in total. The molecule has 0 aliphatic heterocycles. The van der Waals surface area contributed by atoms with Crippen molar-refractivity contribution in [2.75, 3.05) is 0 Å². The minimum atomic E-state index is -2.26. The molecule has 4 rings (SSSR count). The lowest BCUT2D eigenvalue weighted by Crippen LogP contribution is -2.47. The van der Waals surface area contributed by atoms with E-state index in [0.717, 1.165) is 23.2 Å². The second-order valence-corrected chi connectivity index (χ2v) is 6.59. The van der Waals surface area contributed by atoms with Crippen LogP contribution in [0.3, 0.4) is 0 Å². The first-order chi connectivity index (χ1) is 13.6. The number of ether oxygens (including phenoxy) is 1. The van der Waals surface area contributed by atoms with Gasteiger partial charge in [-0.3, -0.25) is 0 Å². The first-order valence-corrected chi connectivity index (χ1v) is 8.85. The number of alkyl halides is 1. The van der Waals surface area contributed by atoms with Gasteiger partial charge in [-0.15, -0.1) is 0 Å². The molecule has 1 aliphatic carbocycles. The predicted octanol–water partition coefficient (Wildman–Crippen LogP) is 5.05. The van der Waals surface area contributed by atoms with Crippen LogP contribution < -0.4 is 5.32 Å². The fourth-order valence-electron chi connectivity index (χ4n) is 3.35. The third-order valence-corrected chi connectivity index (χ3v) is 4.74. The molecular weight excluding hydrogens is 362 g/mol. The molecule has 0 fully saturated rings. The second kappa shape index (κ2) is 7.31. The molecule has 0 saturated carbocycles. The number of hydrogen-bond acceptors (Lipinski definition) is 2. The first kappa shape index (κ1) is 18.0. The maximum absolute atomic E-state index is 16.0. The highest BCUT2D eigenvalue weighted by Crippen LogP contribution is 2.40. The first-order valence-electron chi connectivity index (χ1n) is 8.85. The van der Waals surface area contributed by atoms with Gasteiger partial charge in [-0.2, -0.15) is 0 Å². The number of H-pyrrole nitrogens is 1. The number of rotatable bonds is 4. The lowest BCUT2D eigenvalue weighted by atomic mass is 9.84. The van der Waals surface area contributed by atoms with Gasteiger partial charge in [-0.1, -0.05) is 54.6 Å². The van der Waals surface area contributed by atoms with Gasteiger partial charge in [0.25, 0.3) is 0 Å². The normalized spacial score (nSPS) is 21.4. The largest absolute Gasteiger partial charge is 0.445 e. The van der Waals surface area contributed by atoms with Crippen molar-refractivity contribution >= 4 is 17.0 Å². The molecule has 142 valence electrons. The Morgan fingerprint density at radius 3 is 2.71 bits per heavy atom. The van der Waals surface area contributed by atoms with Gasteiger partial charge in [0, 0.05) is 22.7 Å². The van der Waals surface area contributed by atoms with E-state index in [1.807, 2.05) is 36.4 Å². The van der Waals surface area contributed by atoms with Crippen LogP contribution >= 0.6 is 0 Å². The molecule has 2 aromatic carbocycles. The minimum Gasteiger partial charge on any atom is -0.445 e. The molecule has 1 amide bonds. The van der Waals surface area contributed by atoms with Crippen LogP contribution in [0, 0.1) is 0 Å². The Hall–Kier alpha value is -3.41. The molecule has 3 aromatic rings. The topological polar surface area (TPSA) is 54.1 Å². The van der Waals surface area contributed by atoms with Crippen LogP contribution in [0.15, 0.2) is 84.8 Å². The maximum Gasteiger partial charge on any atom is 0.408 e. The number of nitrogens with one attached hydrogen (secondary N) is 2. The molecule has 0 bridgehead atoms. The fourth-order valence-corrected chi connectivity index (χ4v) is 3.35. The number of hydrogen-bond donors (Lipinski definition) is 2. The van der Waals surface area contributed by atoms with E-state index in [9.17, 15) is 9.18 Å². The summed E-state index contributed by atoms with van der Waals surface area (Å²) in [4.78, 5) is 15.2. The highest BCUT2D eigenvalue weighted by atomic mass is 19.1. The lowest BCUT2D eigenvalue weighted by molar-refractivity contribution is 0.120. The number of fused-ring (bicyclic) bond motifs is 1. The predicted molar refractivity (Wildman–Crippen MR) is 103 cm³/mol. The van der Waals surface area contributed by atoms with Crippen LogP contribution in [-0.2, 0) is 17.0 Å². The van der Waals surface area contributed by atoms with Gasteiger partial charge in [0.15, 0.2) is 5.67 Å². The summed E-state index contributed by atoms with van der Waals surface area (Å²) in [7, 11) is 0. The molecule has 0 saturated heterocycles. The van der Waals surface area contributed by atoms with Crippen molar-refractivity contribution in [2.24, 2.45) is 0 Å². The number of aromatic amines is 1. The Labute approximate surface area is 160 Å². The van der Waals surface area contributed by atoms with E-state index < -0.39 is 23.6 Å². The Morgan fingerprint density at radius 1 is 1.14 bits per heavy atom. The van der Waals surface area contributed by atoms with Crippen molar-refractivity contribution in [3.8, 4) is 0 Å². The van der Waals surface area contributed by atoms with E-state index in [1.165, 1.54) is 12.3 Å². The van der Waals surface area contributed by atoms with Gasteiger partial charge in [-0.05, 0) is 23.8 Å². The van der Waals surface area contributed by atoms with Gasteiger partial charge < -0.3 is 15.0 Å². The molecule has 2 atom stereocenters. The summed E-state index contributed by atoms with van der Waals surface area (Å²) in [5, 5.41) is 3.12. The van der Waals surface area contributed by atoms with Crippen LogP contribution in [0.2, 0.25) is 0 Å². The molecule has 0 radical (unpaired) electrons. The highest BCUT2D eigenvalue weighted by Gasteiger charge is 2.43. The van der Waals surface area contributed by atoms with E-state index in [4.69, 9.17) is 4.74 Å². The summed E-state index contributed by atoms with van der Waals surface area (Å²) < 4.78 is 35.2. The molecule has 1 heterocycles. The Balaban J connectivity index is 1.57. The summed E-state index contributed by atoms with van der Waals surface area (Å²) in [5.74, 6) is -0.705. The number of carbonyl (C=O) groups excluding carboxylic acids is 1. The quantitative estimate of drug-likeness (QED) is 0.665. The smallest absolute Gasteiger partial charge is 0.408 e. The van der Waals surface area contributed by atoms with Gasteiger partial charge in [0.1, 0.15) is 12.4 Å². The summed E-state index contributed by atoms with van der Waals surface area (Å²) in [6.07, 6.45) is 4.02. The summed E-state index contributed by atoms with van der Waals surface area (Å²) in [5.41, 5.74) is -0.477. The van der Waals surface area contributed by atoms with Crippen molar-refractivity contribution in [1.82, 2.24) is 10.3 Å². The third-order valence-electron chi connectivity index (χ3n) is 4.74. The zero-order chi connectivity index (χ0) is 19.6. The zero-order valence-electron chi connectivity index (χ0n) is 14.9. The number of halogens is 2. The zero-order valence-corrected chi connectivity index (χ0v) is 14.9. The number of aromatic nitrogens is 1. The van der Waals surface area contributed by atoms with Gasteiger partial charge in [-0.25, -0.2) is 13.6 Å². The average Bonchev–Trinajstić information content (AvgIpc) is 3.14. The molecule has 6 heteroatoms. The van der Waals surface area contributed by atoms with Crippen molar-refractivity contribution < 1.29 is 18.3 Å². The van der Waals surface area contributed by atoms with Crippen molar-refractivity contribution in [3.05, 3.63) is 96.0 Å². The molecule has 0 spiro atoms. The monoisotopic (exact) mass is 380 g/mol. The standard InChI is InChI=1S/C22H18F2N2O2/c23-16-10-11-20(26-21(27)28-14-15-6-2-1-3-7-15)22(24,12-16)18-13-25-19-9-5-4-8-17(18)19/h1-13,20,25H,14H2,(H,26,27). The van der Waals surface area contributed by atoms with Crippen molar-refractivity contribution in [2.45, 2.75) is 18.3 Å². The van der Waals surface area contributed by atoms with E-state index >= 15 is 4.39 Å². The Kier molecular flexibility index (Phi) is 4.69. The maximum atomic E-state index is 16.0. The summed E-state index contributed by atoms with van der Waals surface area (Å²) >= 11 is 0. The Bertz CT molecular complexity index is 1060. The SMILES string of the molecule is O=C(NC1C=CC(F)=CC1(F)c1c[nH]c2ccccc12)OCc1ccccc1. The van der Waals surface area contributed by atoms with E-state index in [1.54, 1.807) is 18.2 Å². The van der Waals surface area contributed by atoms with E-state index in [2.05, 4.69) is 10.3 Å². The Morgan fingerprint density at radius 2 is 1.89 bits per heavy atom. The van der Waals surface area contributed by atoms with Crippen LogP contribution in [-0.4, -0.2) is 17.1 Å². The molecule has 1 aliphatic rings. The van der Waals surface area contributed by atoms with Crippen LogP contribution in [0.5, 0.6) is 0 Å². The third kappa shape index (κ3) is 3.41. The van der Waals surface area contributed by atoms with E-state index in [0.29, 0.717) is 5.39 Å². The van der Waals surface area contributed by atoms with Crippen molar-refractivity contribution in [3.63, 3.8) is 0 Å². The minimum absolute atomic E-state index is 0.0552. The number of alkyl carbamates (subject to hydrolysis) is 1. The van der Waals surface area contributed by atoms with Crippen LogP contribution in [0.4, 0.5) is 13.6 Å². The fraction of sp³-hybridized carbons (Fsp3) is 0.136. The molecule has 4 nitrogen and oxygen atoms in total. The van der Waals surface area contributed by atoms with Crippen LogP contribution in [0.1, 0.15) is 11.1 Å². The number of para-hydroxylation sites is 1.